The summed E-state index contributed by atoms with van der Waals surface area (Å²) in [5, 5.41) is 3.33. The fourth-order valence-corrected chi connectivity index (χ4v) is 2.80. The Morgan fingerprint density at radius 3 is 2.60 bits per heavy atom. The SMILES string of the molecule is CCNCc1ccc(N2CCN(CC3CC3)CC2)nc1. The molecule has 0 aromatic carbocycles. The first kappa shape index (κ1) is 13.8. The molecule has 0 amide bonds. The highest BCUT2D eigenvalue weighted by Crippen LogP contribution is 2.30. The molecule has 110 valence electrons. The number of hydrogen-bond acceptors (Lipinski definition) is 4. The zero-order valence-electron chi connectivity index (χ0n) is 12.5. The minimum atomic E-state index is 0.916. The smallest absolute Gasteiger partial charge is 0.128 e. The molecule has 2 heterocycles. The summed E-state index contributed by atoms with van der Waals surface area (Å²) in [6, 6.07) is 4.37. The maximum Gasteiger partial charge on any atom is 0.128 e. The topological polar surface area (TPSA) is 31.4 Å². The number of pyridine rings is 1. The van der Waals surface area contributed by atoms with Crippen molar-refractivity contribution in [3.05, 3.63) is 23.9 Å². The molecule has 4 nitrogen and oxygen atoms in total. The summed E-state index contributed by atoms with van der Waals surface area (Å²) in [7, 11) is 0. The van der Waals surface area contributed by atoms with Crippen molar-refractivity contribution in [2.75, 3.05) is 44.2 Å². The second-order valence-electron chi connectivity index (χ2n) is 6.04. The Kier molecular flexibility index (Phi) is 4.53. The molecule has 3 rings (SSSR count). The van der Waals surface area contributed by atoms with Crippen LogP contribution in [0.5, 0.6) is 0 Å². The van der Waals surface area contributed by atoms with Gasteiger partial charge in [-0.15, -0.1) is 0 Å². The van der Waals surface area contributed by atoms with E-state index in [0.29, 0.717) is 0 Å². The minimum absolute atomic E-state index is 0.916. The molecule has 1 saturated heterocycles. The number of anilines is 1. The number of piperazine rings is 1. The Morgan fingerprint density at radius 1 is 1.20 bits per heavy atom. The lowest BCUT2D eigenvalue weighted by atomic mass is 10.2. The fourth-order valence-electron chi connectivity index (χ4n) is 2.80. The third kappa shape index (κ3) is 3.70. The van der Waals surface area contributed by atoms with E-state index in [2.05, 4.69) is 39.2 Å². The first-order valence-corrected chi connectivity index (χ1v) is 7.98. The minimum Gasteiger partial charge on any atom is -0.354 e. The van der Waals surface area contributed by atoms with Crippen LogP contribution in [0.3, 0.4) is 0 Å². The highest BCUT2D eigenvalue weighted by molar-refractivity contribution is 5.39. The molecule has 1 N–H and O–H groups in total. The van der Waals surface area contributed by atoms with Crippen LogP contribution in [0.25, 0.3) is 0 Å². The number of hydrogen-bond donors (Lipinski definition) is 1. The van der Waals surface area contributed by atoms with E-state index in [4.69, 9.17) is 0 Å². The van der Waals surface area contributed by atoms with Crippen molar-refractivity contribution in [3.63, 3.8) is 0 Å². The van der Waals surface area contributed by atoms with Gasteiger partial charge in [0.2, 0.25) is 0 Å². The Balaban J connectivity index is 1.49. The largest absolute Gasteiger partial charge is 0.354 e. The van der Waals surface area contributed by atoms with Crippen molar-refractivity contribution >= 4 is 5.82 Å². The summed E-state index contributed by atoms with van der Waals surface area (Å²) in [6.07, 6.45) is 4.92. The zero-order valence-corrected chi connectivity index (χ0v) is 12.5. The van der Waals surface area contributed by atoms with E-state index in [0.717, 1.165) is 37.9 Å². The molecule has 0 bridgehead atoms. The lowest BCUT2D eigenvalue weighted by molar-refractivity contribution is 0.247. The van der Waals surface area contributed by atoms with Crippen molar-refractivity contribution < 1.29 is 0 Å². The first-order valence-electron chi connectivity index (χ1n) is 7.98. The molecule has 1 aliphatic carbocycles. The van der Waals surface area contributed by atoms with Crippen LogP contribution in [0.1, 0.15) is 25.3 Å². The maximum absolute atomic E-state index is 4.62. The van der Waals surface area contributed by atoms with Gasteiger partial charge in [-0.3, -0.25) is 4.90 Å². The van der Waals surface area contributed by atoms with Gasteiger partial charge in [-0.2, -0.15) is 0 Å². The van der Waals surface area contributed by atoms with E-state index < -0.39 is 0 Å². The molecule has 4 heteroatoms. The van der Waals surface area contributed by atoms with Crippen molar-refractivity contribution in [2.24, 2.45) is 5.92 Å². The van der Waals surface area contributed by atoms with Gasteiger partial charge in [0, 0.05) is 45.5 Å². The van der Waals surface area contributed by atoms with E-state index in [9.17, 15) is 0 Å². The standard InChI is InChI=1S/C16H26N4/c1-2-17-11-15-5-6-16(18-12-15)20-9-7-19(8-10-20)13-14-3-4-14/h5-6,12,14,17H,2-4,7-11,13H2,1H3. The molecule has 2 fully saturated rings. The number of rotatable bonds is 6. The Hall–Kier alpha value is -1.13. The van der Waals surface area contributed by atoms with Crippen molar-refractivity contribution in [1.29, 1.82) is 0 Å². The number of nitrogens with zero attached hydrogens (tertiary/aromatic N) is 3. The van der Waals surface area contributed by atoms with E-state index in [1.54, 1.807) is 0 Å². The Morgan fingerprint density at radius 2 is 2.00 bits per heavy atom. The predicted octanol–water partition coefficient (Wildman–Crippen LogP) is 1.72. The third-order valence-corrected chi connectivity index (χ3v) is 4.30. The van der Waals surface area contributed by atoms with Crippen LogP contribution < -0.4 is 10.2 Å². The molecular formula is C16H26N4. The second kappa shape index (κ2) is 6.55. The van der Waals surface area contributed by atoms with Crippen LogP contribution in [-0.4, -0.2) is 49.2 Å². The van der Waals surface area contributed by atoms with Crippen LogP contribution in [0.4, 0.5) is 5.82 Å². The summed E-state index contributed by atoms with van der Waals surface area (Å²) in [5.41, 5.74) is 1.27. The molecule has 1 aliphatic heterocycles. The highest BCUT2D eigenvalue weighted by Gasteiger charge is 2.26. The average molecular weight is 274 g/mol. The van der Waals surface area contributed by atoms with Gasteiger partial charge in [-0.1, -0.05) is 13.0 Å². The lowest BCUT2D eigenvalue weighted by Gasteiger charge is -2.35. The zero-order chi connectivity index (χ0) is 13.8. The van der Waals surface area contributed by atoms with Crippen LogP contribution >= 0.6 is 0 Å². The molecule has 1 aromatic rings. The molecule has 20 heavy (non-hydrogen) atoms. The molecular weight excluding hydrogens is 248 g/mol. The van der Waals surface area contributed by atoms with Crippen LogP contribution in [0.2, 0.25) is 0 Å². The van der Waals surface area contributed by atoms with Gasteiger partial charge in [0.05, 0.1) is 0 Å². The molecule has 0 spiro atoms. The molecule has 0 unspecified atom stereocenters. The number of nitrogens with one attached hydrogen (secondary N) is 1. The van der Waals surface area contributed by atoms with Crippen LogP contribution in [-0.2, 0) is 6.54 Å². The van der Waals surface area contributed by atoms with E-state index in [-0.39, 0.29) is 0 Å². The van der Waals surface area contributed by atoms with Gasteiger partial charge in [0.25, 0.3) is 0 Å². The van der Waals surface area contributed by atoms with Crippen molar-refractivity contribution in [3.8, 4) is 0 Å². The third-order valence-electron chi connectivity index (χ3n) is 4.30. The maximum atomic E-state index is 4.62. The molecule has 2 aliphatic rings. The molecule has 0 radical (unpaired) electrons. The summed E-state index contributed by atoms with van der Waals surface area (Å²) >= 11 is 0. The van der Waals surface area contributed by atoms with Crippen molar-refractivity contribution in [2.45, 2.75) is 26.3 Å². The summed E-state index contributed by atoms with van der Waals surface area (Å²) < 4.78 is 0. The van der Waals surface area contributed by atoms with Gasteiger partial charge >= 0.3 is 0 Å². The molecule has 1 saturated carbocycles. The lowest BCUT2D eigenvalue weighted by Crippen LogP contribution is -2.47. The first-order chi connectivity index (χ1) is 9.85. The quantitative estimate of drug-likeness (QED) is 0.856. The van der Waals surface area contributed by atoms with E-state index >= 15 is 0 Å². The van der Waals surface area contributed by atoms with Gasteiger partial charge in [-0.05, 0) is 36.9 Å². The van der Waals surface area contributed by atoms with Gasteiger partial charge in [0.15, 0.2) is 0 Å². The predicted molar refractivity (Wildman–Crippen MR) is 83.0 cm³/mol. The van der Waals surface area contributed by atoms with E-state index in [1.807, 2.05) is 6.20 Å². The monoisotopic (exact) mass is 274 g/mol. The molecule has 1 aromatic heterocycles. The second-order valence-corrected chi connectivity index (χ2v) is 6.04. The van der Waals surface area contributed by atoms with E-state index in [1.165, 1.54) is 38.0 Å². The Bertz CT molecular complexity index is 405. The van der Waals surface area contributed by atoms with Crippen LogP contribution in [0.15, 0.2) is 18.3 Å². The average Bonchev–Trinajstić information content (AvgIpc) is 3.31. The number of aromatic nitrogens is 1. The van der Waals surface area contributed by atoms with Crippen LogP contribution in [0, 0.1) is 5.92 Å². The van der Waals surface area contributed by atoms with Crippen molar-refractivity contribution in [1.82, 2.24) is 15.2 Å². The van der Waals surface area contributed by atoms with Gasteiger partial charge < -0.3 is 10.2 Å². The Labute approximate surface area is 122 Å². The highest BCUT2D eigenvalue weighted by atomic mass is 15.3. The fraction of sp³-hybridized carbons (Fsp3) is 0.688. The summed E-state index contributed by atoms with van der Waals surface area (Å²) in [6.45, 7) is 9.99. The van der Waals surface area contributed by atoms with Gasteiger partial charge in [-0.25, -0.2) is 4.98 Å². The molecule has 0 atom stereocenters. The normalized spacial score (nSPS) is 20.4. The summed E-state index contributed by atoms with van der Waals surface area (Å²) in [5.74, 6) is 2.14. The summed E-state index contributed by atoms with van der Waals surface area (Å²) in [4.78, 5) is 9.66. The van der Waals surface area contributed by atoms with Gasteiger partial charge in [0.1, 0.15) is 5.82 Å².